The fraction of sp³-hybridized carbons (Fsp3) is 0.278. The van der Waals surface area contributed by atoms with Crippen molar-refractivity contribution >= 4 is 27.5 Å². The van der Waals surface area contributed by atoms with Gasteiger partial charge in [-0.1, -0.05) is 29.8 Å². The summed E-state index contributed by atoms with van der Waals surface area (Å²) in [5.74, 6) is 0.274. The Morgan fingerprint density at radius 2 is 1.96 bits per heavy atom. The van der Waals surface area contributed by atoms with Crippen LogP contribution in [0.25, 0.3) is 0 Å². The molecule has 138 valence electrons. The summed E-state index contributed by atoms with van der Waals surface area (Å²) in [6.45, 7) is 0.258. The van der Waals surface area contributed by atoms with Gasteiger partial charge in [0.05, 0.1) is 12.1 Å². The molecule has 0 saturated heterocycles. The zero-order valence-electron chi connectivity index (χ0n) is 14.2. The number of ether oxygens (including phenoxy) is 1. The van der Waals surface area contributed by atoms with Crippen LogP contribution >= 0.6 is 11.6 Å². The van der Waals surface area contributed by atoms with E-state index in [1.165, 1.54) is 18.2 Å². The van der Waals surface area contributed by atoms with Crippen LogP contribution in [0.1, 0.15) is 28.8 Å². The number of carbonyl (C=O) groups excluding carboxylic acids is 1. The molecule has 26 heavy (non-hydrogen) atoms. The summed E-state index contributed by atoms with van der Waals surface area (Å²) in [7, 11) is -2.18. The number of hydrogen-bond acceptors (Lipinski definition) is 4. The van der Waals surface area contributed by atoms with Crippen molar-refractivity contribution in [3.05, 3.63) is 58.6 Å². The van der Waals surface area contributed by atoms with Gasteiger partial charge in [0.15, 0.2) is 0 Å². The Kier molecular flexibility index (Phi) is 5.50. The van der Waals surface area contributed by atoms with Gasteiger partial charge >= 0.3 is 0 Å². The molecule has 3 rings (SSSR count). The average molecular weight is 395 g/mol. The summed E-state index contributed by atoms with van der Waals surface area (Å²) in [6.07, 6.45) is 1.63. The van der Waals surface area contributed by atoms with Crippen LogP contribution in [0, 0.1) is 0 Å². The maximum absolute atomic E-state index is 12.4. The number of methoxy groups -OCH3 is 1. The van der Waals surface area contributed by atoms with Gasteiger partial charge in [0, 0.05) is 23.7 Å². The number of para-hydroxylation sites is 1. The number of benzene rings is 2. The smallest absolute Gasteiger partial charge is 0.251 e. The lowest BCUT2D eigenvalue weighted by Crippen LogP contribution is -2.27. The summed E-state index contributed by atoms with van der Waals surface area (Å²) in [6, 6.07) is 11.5. The standard InChI is InChI=1S/C18H19ClN2O4S/c1-25-16-5-3-2-4-13(16)11-20-18(22)12-6-9-15(19)17(10-12)26(23,24)21-14-7-8-14/h2-6,9-10,14,21H,7-8,11H2,1H3,(H,20,22). The van der Waals surface area contributed by atoms with Crippen LogP contribution in [0.2, 0.25) is 5.02 Å². The molecular weight excluding hydrogens is 376 g/mol. The quantitative estimate of drug-likeness (QED) is 0.756. The van der Waals surface area contributed by atoms with Gasteiger partial charge < -0.3 is 10.1 Å². The first-order valence-electron chi connectivity index (χ1n) is 8.12. The van der Waals surface area contributed by atoms with Gasteiger partial charge in [-0.05, 0) is 37.1 Å². The highest BCUT2D eigenvalue weighted by atomic mass is 35.5. The molecule has 1 aliphatic carbocycles. The highest BCUT2D eigenvalue weighted by Gasteiger charge is 2.29. The van der Waals surface area contributed by atoms with Gasteiger partial charge in [0.2, 0.25) is 10.0 Å². The summed E-state index contributed by atoms with van der Waals surface area (Å²) in [5, 5.41) is 2.85. The second-order valence-corrected chi connectivity index (χ2v) is 8.12. The van der Waals surface area contributed by atoms with Crippen molar-refractivity contribution in [3.8, 4) is 5.75 Å². The van der Waals surface area contributed by atoms with E-state index in [-0.39, 0.29) is 28.1 Å². The lowest BCUT2D eigenvalue weighted by atomic mass is 10.1. The van der Waals surface area contributed by atoms with Crippen molar-refractivity contribution in [3.63, 3.8) is 0 Å². The third-order valence-electron chi connectivity index (χ3n) is 4.01. The molecule has 0 unspecified atom stereocenters. The van der Waals surface area contributed by atoms with E-state index in [2.05, 4.69) is 10.0 Å². The van der Waals surface area contributed by atoms with Gasteiger partial charge in [-0.15, -0.1) is 0 Å². The lowest BCUT2D eigenvalue weighted by molar-refractivity contribution is 0.0950. The van der Waals surface area contributed by atoms with E-state index in [9.17, 15) is 13.2 Å². The van der Waals surface area contributed by atoms with E-state index < -0.39 is 15.9 Å². The molecule has 8 heteroatoms. The van der Waals surface area contributed by atoms with Crippen LogP contribution in [-0.2, 0) is 16.6 Å². The highest BCUT2D eigenvalue weighted by Crippen LogP contribution is 2.27. The van der Waals surface area contributed by atoms with Gasteiger partial charge in [-0.25, -0.2) is 13.1 Å². The minimum absolute atomic E-state index is 0.0425. The molecule has 0 heterocycles. The van der Waals surface area contributed by atoms with E-state index in [4.69, 9.17) is 16.3 Å². The molecule has 0 radical (unpaired) electrons. The molecular formula is C18H19ClN2O4S. The Balaban J connectivity index is 1.76. The fourth-order valence-corrected chi connectivity index (χ4v) is 4.29. The largest absolute Gasteiger partial charge is 0.496 e. The molecule has 2 aromatic carbocycles. The molecule has 1 fully saturated rings. The Morgan fingerprint density at radius 3 is 2.65 bits per heavy atom. The highest BCUT2D eigenvalue weighted by molar-refractivity contribution is 7.89. The van der Waals surface area contributed by atoms with E-state index in [1.807, 2.05) is 18.2 Å². The Labute approximate surface area is 157 Å². The van der Waals surface area contributed by atoms with Crippen LogP contribution in [-0.4, -0.2) is 27.5 Å². The molecule has 2 N–H and O–H groups in total. The van der Waals surface area contributed by atoms with Crippen LogP contribution in [0.5, 0.6) is 5.75 Å². The van der Waals surface area contributed by atoms with Crippen molar-refractivity contribution in [1.82, 2.24) is 10.0 Å². The summed E-state index contributed by atoms with van der Waals surface area (Å²) in [5.41, 5.74) is 1.04. The summed E-state index contributed by atoms with van der Waals surface area (Å²) >= 11 is 6.03. The Hall–Kier alpha value is -2.09. The Bertz CT molecular complexity index is 927. The van der Waals surface area contributed by atoms with Crippen LogP contribution in [0.3, 0.4) is 0 Å². The number of halogens is 1. The minimum Gasteiger partial charge on any atom is -0.496 e. The number of nitrogens with one attached hydrogen (secondary N) is 2. The number of amides is 1. The van der Waals surface area contributed by atoms with E-state index in [0.29, 0.717) is 5.75 Å². The van der Waals surface area contributed by atoms with Crippen LogP contribution in [0.15, 0.2) is 47.4 Å². The minimum atomic E-state index is -3.74. The summed E-state index contributed by atoms with van der Waals surface area (Å²) in [4.78, 5) is 12.3. The van der Waals surface area contributed by atoms with E-state index in [0.717, 1.165) is 18.4 Å². The molecule has 1 aliphatic rings. The molecule has 1 saturated carbocycles. The number of rotatable bonds is 7. The first kappa shape index (κ1) is 18.7. The predicted octanol–water partition coefficient (Wildman–Crippen LogP) is 2.72. The van der Waals surface area contributed by atoms with E-state index >= 15 is 0 Å². The SMILES string of the molecule is COc1ccccc1CNC(=O)c1ccc(Cl)c(S(=O)(=O)NC2CC2)c1. The topological polar surface area (TPSA) is 84.5 Å². The summed E-state index contributed by atoms with van der Waals surface area (Å²) < 4.78 is 32.6. The lowest BCUT2D eigenvalue weighted by Gasteiger charge is -2.11. The van der Waals surface area contributed by atoms with Crippen molar-refractivity contribution in [2.24, 2.45) is 0 Å². The molecule has 0 bridgehead atoms. The molecule has 0 spiro atoms. The molecule has 6 nitrogen and oxygen atoms in total. The fourth-order valence-electron chi connectivity index (χ4n) is 2.46. The maximum Gasteiger partial charge on any atom is 0.251 e. The normalized spacial score (nSPS) is 14.1. The second-order valence-electron chi connectivity index (χ2n) is 6.04. The zero-order chi connectivity index (χ0) is 18.7. The number of hydrogen-bond donors (Lipinski definition) is 2. The third kappa shape index (κ3) is 4.35. The van der Waals surface area contributed by atoms with Gasteiger partial charge in [0.25, 0.3) is 5.91 Å². The van der Waals surface area contributed by atoms with E-state index in [1.54, 1.807) is 13.2 Å². The van der Waals surface area contributed by atoms with Gasteiger partial charge in [-0.3, -0.25) is 4.79 Å². The molecule has 2 aromatic rings. The number of sulfonamides is 1. The molecule has 0 atom stereocenters. The van der Waals surface area contributed by atoms with Gasteiger partial charge in [0.1, 0.15) is 10.6 Å². The predicted molar refractivity (Wildman–Crippen MR) is 99.0 cm³/mol. The van der Waals surface area contributed by atoms with Crippen molar-refractivity contribution in [1.29, 1.82) is 0 Å². The van der Waals surface area contributed by atoms with Gasteiger partial charge in [-0.2, -0.15) is 0 Å². The van der Waals surface area contributed by atoms with Crippen molar-refractivity contribution in [2.75, 3.05) is 7.11 Å². The van der Waals surface area contributed by atoms with Crippen molar-refractivity contribution < 1.29 is 17.9 Å². The number of carbonyl (C=O) groups is 1. The first-order valence-corrected chi connectivity index (χ1v) is 9.99. The molecule has 0 aromatic heterocycles. The Morgan fingerprint density at radius 1 is 1.23 bits per heavy atom. The molecule has 0 aliphatic heterocycles. The second kappa shape index (κ2) is 7.65. The van der Waals surface area contributed by atoms with Crippen LogP contribution < -0.4 is 14.8 Å². The monoisotopic (exact) mass is 394 g/mol. The van der Waals surface area contributed by atoms with Crippen LogP contribution in [0.4, 0.5) is 0 Å². The average Bonchev–Trinajstić information content (AvgIpc) is 3.43. The van der Waals surface area contributed by atoms with Crippen molar-refractivity contribution in [2.45, 2.75) is 30.3 Å². The molecule has 1 amide bonds. The first-order chi connectivity index (χ1) is 12.4. The maximum atomic E-state index is 12.4. The third-order valence-corrected chi connectivity index (χ3v) is 6.02. The zero-order valence-corrected chi connectivity index (χ0v) is 15.7.